The Labute approximate surface area is 176 Å². The predicted molar refractivity (Wildman–Crippen MR) is 103 cm³/mol. The normalized spacial score (nSPS) is 14.9. The molecule has 2 aromatic rings. The van der Waals surface area contributed by atoms with E-state index >= 15 is 0 Å². The first-order chi connectivity index (χ1) is 14.7. The number of tetrazole rings is 1. The smallest absolute Gasteiger partial charge is 0.416 e. The quantitative estimate of drug-likeness (QED) is 0.678. The molecule has 0 saturated carbocycles. The summed E-state index contributed by atoms with van der Waals surface area (Å²) in [7, 11) is 1.29. The minimum Gasteiger partial charge on any atom is -0.453 e. The van der Waals surface area contributed by atoms with Crippen molar-refractivity contribution in [2.45, 2.75) is 19.6 Å². The van der Waals surface area contributed by atoms with Crippen molar-refractivity contribution in [2.75, 3.05) is 33.3 Å². The second-order valence-corrected chi connectivity index (χ2v) is 6.89. The second-order valence-electron chi connectivity index (χ2n) is 6.89. The Morgan fingerprint density at radius 1 is 1.16 bits per heavy atom. The van der Waals surface area contributed by atoms with Crippen LogP contribution in [-0.4, -0.2) is 75.3 Å². The largest absolute Gasteiger partial charge is 0.453 e. The number of aryl methyl sites for hydroxylation is 1. The number of amides is 2. The van der Waals surface area contributed by atoms with Gasteiger partial charge in [0.25, 0.3) is 0 Å². The third kappa shape index (κ3) is 5.58. The summed E-state index contributed by atoms with van der Waals surface area (Å²) >= 11 is 0. The minimum absolute atomic E-state index is 0.0313. The van der Waals surface area contributed by atoms with Gasteiger partial charge in [-0.3, -0.25) is 4.79 Å². The lowest BCUT2D eigenvalue weighted by atomic mass is 10.0. The topological polar surface area (TPSA) is 93.5 Å². The second kappa shape index (κ2) is 9.14. The zero-order chi connectivity index (χ0) is 22.6. The van der Waals surface area contributed by atoms with E-state index in [1.54, 1.807) is 11.8 Å². The lowest BCUT2D eigenvalue weighted by Gasteiger charge is -2.33. The third-order valence-corrected chi connectivity index (χ3v) is 4.76. The van der Waals surface area contributed by atoms with Gasteiger partial charge < -0.3 is 14.5 Å². The number of alkyl halides is 3. The van der Waals surface area contributed by atoms with Crippen LogP contribution in [0.2, 0.25) is 0 Å². The molecule has 2 amide bonds. The van der Waals surface area contributed by atoms with Crippen molar-refractivity contribution >= 4 is 18.1 Å². The van der Waals surface area contributed by atoms with E-state index in [4.69, 9.17) is 0 Å². The fourth-order valence-corrected chi connectivity index (χ4v) is 3.13. The number of piperazine rings is 1. The average molecular weight is 438 g/mol. The van der Waals surface area contributed by atoms with Gasteiger partial charge in [-0.25, -0.2) is 4.79 Å². The van der Waals surface area contributed by atoms with Crippen LogP contribution in [0.15, 0.2) is 24.3 Å². The fourth-order valence-electron chi connectivity index (χ4n) is 3.13. The summed E-state index contributed by atoms with van der Waals surface area (Å²) in [5, 5.41) is 11.5. The van der Waals surface area contributed by atoms with Crippen LogP contribution in [0.25, 0.3) is 6.08 Å². The number of methoxy groups -OCH3 is 1. The van der Waals surface area contributed by atoms with Crippen molar-refractivity contribution < 1.29 is 27.5 Å². The molecule has 0 spiro atoms. The predicted octanol–water partition coefficient (Wildman–Crippen LogP) is 1.97. The van der Waals surface area contributed by atoms with E-state index < -0.39 is 17.8 Å². The number of hydrogen-bond acceptors (Lipinski definition) is 6. The Kier molecular flexibility index (Phi) is 6.56. The molecule has 1 saturated heterocycles. The Bertz CT molecular complexity index is 981. The monoisotopic (exact) mass is 438 g/mol. The van der Waals surface area contributed by atoms with Crippen LogP contribution in [0.5, 0.6) is 0 Å². The van der Waals surface area contributed by atoms with Crippen LogP contribution in [0.3, 0.4) is 0 Å². The Hall–Kier alpha value is -3.44. The van der Waals surface area contributed by atoms with Gasteiger partial charge in [0, 0.05) is 32.3 Å². The molecule has 1 aromatic carbocycles. The first-order valence-electron chi connectivity index (χ1n) is 9.42. The van der Waals surface area contributed by atoms with Gasteiger partial charge in [-0.1, -0.05) is 6.07 Å². The van der Waals surface area contributed by atoms with E-state index in [-0.39, 0.29) is 12.5 Å². The van der Waals surface area contributed by atoms with Gasteiger partial charge in [0.15, 0.2) is 5.82 Å². The molecular weight excluding hydrogens is 417 g/mol. The molecule has 0 aliphatic carbocycles. The Morgan fingerprint density at radius 2 is 1.84 bits per heavy atom. The lowest BCUT2D eigenvalue weighted by Crippen LogP contribution is -2.50. The zero-order valence-corrected chi connectivity index (χ0v) is 17.0. The van der Waals surface area contributed by atoms with Crippen LogP contribution >= 0.6 is 0 Å². The number of carbonyl (C=O) groups excluding carboxylic acids is 2. The number of ether oxygens (including phenoxy) is 1. The van der Waals surface area contributed by atoms with E-state index in [9.17, 15) is 22.8 Å². The number of halogens is 3. The number of aromatic nitrogens is 4. The molecule has 1 aliphatic heterocycles. The molecule has 1 aromatic heterocycles. The van der Waals surface area contributed by atoms with Gasteiger partial charge in [0.05, 0.1) is 19.2 Å². The first kappa shape index (κ1) is 22.2. The highest BCUT2D eigenvalue weighted by Crippen LogP contribution is 2.31. The van der Waals surface area contributed by atoms with Crippen LogP contribution < -0.4 is 0 Å². The highest BCUT2D eigenvalue weighted by Gasteiger charge is 2.31. The summed E-state index contributed by atoms with van der Waals surface area (Å²) in [6.45, 7) is 2.94. The fraction of sp³-hybridized carbons (Fsp3) is 0.421. The molecule has 0 radical (unpaired) electrons. The van der Waals surface area contributed by atoms with Crippen LogP contribution in [0, 0.1) is 6.92 Å². The molecule has 1 fully saturated rings. The molecule has 31 heavy (non-hydrogen) atoms. The molecular formula is C19H21F3N6O3. The SMILES string of the molecule is COC(=O)N1CCN(C(=O)/C=C\c2ccc(C(F)(F)F)cc2Cn2nnc(C)n2)CC1. The maximum absolute atomic E-state index is 13.1. The number of benzene rings is 1. The standard InChI is InChI=1S/C19H21F3N6O3/c1-13-23-25-28(24-13)12-15-11-16(19(20,21)22)5-3-14(15)4-6-17(29)26-7-9-27(10-8-26)18(30)31-2/h3-6,11H,7-10,12H2,1-2H3/b6-4-. The minimum atomic E-state index is -4.50. The van der Waals surface area contributed by atoms with E-state index in [2.05, 4.69) is 20.1 Å². The number of rotatable bonds is 4. The third-order valence-electron chi connectivity index (χ3n) is 4.76. The van der Waals surface area contributed by atoms with E-state index in [0.717, 1.165) is 12.1 Å². The molecule has 0 atom stereocenters. The molecule has 1 aliphatic rings. The van der Waals surface area contributed by atoms with Crippen molar-refractivity contribution in [3.63, 3.8) is 0 Å². The molecule has 0 unspecified atom stereocenters. The van der Waals surface area contributed by atoms with Crippen molar-refractivity contribution in [3.05, 3.63) is 46.8 Å². The summed E-state index contributed by atoms with van der Waals surface area (Å²) in [6, 6.07) is 3.28. The van der Waals surface area contributed by atoms with Crippen LogP contribution in [0.1, 0.15) is 22.5 Å². The first-order valence-corrected chi connectivity index (χ1v) is 9.42. The summed E-state index contributed by atoms with van der Waals surface area (Å²) in [5.74, 6) is 0.0930. The van der Waals surface area contributed by atoms with Crippen molar-refractivity contribution in [3.8, 4) is 0 Å². The summed E-state index contributed by atoms with van der Waals surface area (Å²) in [6.07, 6.45) is -2.18. The van der Waals surface area contributed by atoms with Gasteiger partial charge in [-0.05, 0) is 41.5 Å². The van der Waals surface area contributed by atoms with Gasteiger partial charge in [-0.15, -0.1) is 10.2 Å². The summed E-state index contributed by atoms with van der Waals surface area (Å²) < 4.78 is 44.1. The Morgan fingerprint density at radius 3 is 2.42 bits per heavy atom. The van der Waals surface area contributed by atoms with Crippen LogP contribution in [-0.2, 0) is 22.3 Å². The van der Waals surface area contributed by atoms with E-state index in [1.807, 2.05) is 0 Å². The van der Waals surface area contributed by atoms with Crippen molar-refractivity contribution in [2.24, 2.45) is 0 Å². The van der Waals surface area contributed by atoms with Gasteiger partial charge >= 0.3 is 12.3 Å². The van der Waals surface area contributed by atoms with Crippen molar-refractivity contribution in [1.82, 2.24) is 30.0 Å². The zero-order valence-electron chi connectivity index (χ0n) is 17.0. The van der Waals surface area contributed by atoms with E-state index in [1.165, 1.54) is 35.0 Å². The number of hydrogen-bond donors (Lipinski definition) is 0. The van der Waals surface area contributed by atoms with Gasteiger partial charge in [-0.2, -0.15) is 18.0 Å². The maximum atomic E-state index is 13.1. The molecule has 12 heteroatoms. The molecule has 3 rings (SSSR count). The summed E-state index contributed by atoms with van der Waals surface area (Å²) in [4.78, 5) is 28.3. The molecule has 9 nitrogen and oxygen atoms in total. The number of carbonyl (C=O) groups is 2. The van der Waals surface area contributed by atoms with E-state index in [0.29, 0.717) is 43.1 Å². The molecule has 166 valence electrons. The van der Waals surface area contributed by atoms with Gasteiger partial charge in [0.2, 0.25) is 5.91 Å². The highest BCUT2D eigenvalue weighted by atomic mass is 19.4. The molecule has 0 bridgehead atoms. The van der Waals surface area contributed by atoms with Gasteiger partial charge in [0.1, 0.15) is 0 Å². The highest BCUT2D eigenvalue weighted by molar-refractivity contribution is 5.92. The molecule has 0 N–H and O–H groups in total. The van der Waals surface area contributed by atoms with Crippen molar-refractivity contribution in [1.29, 1.82) is 0 Å². The Balaban J connectivity index is 1.75. The number of nitrogens with zero attached hydrogens (tertiary/aromatic N) is 6. The lowest BCUT2D eigenvalue weighted by molar-refractivity contribution is -0.137. The average Bonchev–Trinajstić information content (AvgIpc) is 3.16. The van der Waals surface area contributed by atoms with Crippen LogP contribution in [0.4, 0.5) is 18.0 Å². The summed E-state index contributed by atoms with van der Waals surface area (Å²) in [5.41, 5.74) is -0.0713. The maximum Gasteiger partial charge on any atom is 0.416 e. The molecule has 2 heterocycles.